The first-order chi connectivity index (χ1) is 15.2. The summed E-state index contributed by atoms with van der Waals surface area (Å²) in [5.41, 5.74) is 3.45. The molecule has 0 spiro atoms. The number of thiophene rings is 1. The maximum absolute atomic E-state index is 13.1. The third-order valence-electron chi connectivity index (χ3n) is 4.85. The molecule has 4 aromatic rings. The summed E-state index contributed by atoms with van der Waals surface area (Å²) in [6.45, 7) is 1.86. The molecule has 5 rings (SSSR count). The maximum atomic E-state index is 13.1. The largest absolute Gasteiger partial charge is 0.423 e. The van der Waals surface area contributed by atoms with Crippen molar-refractivity contribution in [2.75, 3.05) is 10.6 Å². The second-order valence-electron chi connectivity index (χ2n) is 6.99. The van der Waals surface area contributed by atoms with Gasteiger partial charge in [-0.1, -0.05) is 36.4 Å². The molecule has 0 aliphatic carbocycles. The topological polar surface area (TPSA) is 91.5 Å². The van der Waals surface area contributed by atoms with E-state index >= 15 is 0 Å². The van der Waals surface area contributed by atoms with Crippen molar-refractivity contribution in [3.63, 3.8) is 0 Å². The van der Waals surface area contributed by atoms with E-state index in [-0.39, 0.29) is 5.91 Å². The number of carbonyl (C=O) groups is 1. The number of fused-ring (bicyclic) bond motifs is 1. The van der Waals surface area contributed by atoms with E-state index in [1.54, 1.807) is 11.3 Å². The molecular formula is C23H19N5O2S. The molecule has 2 aromatic heterocycles. The monoisotopic (exact) mass is 429 g/mol. The predicted octanol–water partition coefficient (Wildman–Crippen LogP) is 4.91. The minimum atomic E-state index is -0.447. The molecule has 0 radical (unpaired) electrons. The summed E-state index contributed by atoms with van der Waals surface area (Å²) < 4.78 is 5.75. The van der Waals surface area contributed by atoms with Crippen LogP contribution in [0.5, 0.6) is 0 Å². The van der Waals surface area contributed by atoms with Crippen molar-refractivity contribution in [3.8, 4) is 0 Å². The van der Waals surface area contributed by atoms with Gasteiger partial charge in [-0.3, -0.25) is 10.1 Å². The smallest absolute Gasteiger partial charge is 0.302 e. The van der Waals surface area contributed by atoms with Gasteiger partial charge in [0.15, 0.2) is 5.58 Å². The predicted molar refractivity (Wildman–Crippen MR) is 123 cm³/mol. The Kier molecular flexibility index (Phi) is 4.97. The lowest BCUT2D eigenvalue weighted by Crippen LogP contribution is -2.37. The molecule has 0 saturated carbocycles. The van der Waals surface area contributed by atoms with Gasteiger partial charge < -0.3 is 15.1 Å². The van der Waals surface area contributed by atoms with Gasteiger partial charge in [-0.25, -0.2) is 4.99 Å². The van der Waals surface area contributed by atoms with Crippen LogP contribution in [0.3, 0.4) is 0 Å². The number of guanidine groups is 1. The Morgan fingerprint density at radius 3 is 2.65 bits per heavy atom. The summed E-state index contributed by atoms with van der Waals surface area (Å²) in [6, 6.07) is 20.7. The average molecular weight is 430 g/mol. The van der Waals surface area contributed by atoms with Crippen LogP contribution in [0.25, 0.3) is 11.1 Å². The first-order valence-corrected chi connectivity index (χ1v) is 10.6. The number of allylic oxidation sites excluding steroid dienone is 1. The number of carbonyl (C=O) groups excluding carboxylic acids is 1. The van der Waals surface area contributed by atoms with Crippen LogP contribution >= 0.6 is 11.3 Å². The summed E-state index contributed by atoms with van der Waals surface area (Å²) >= 11 is 1.56. The lowest BCUT2D eigenvalue weighted by atomic mass is 10.0. The molecule has 2 aromatic carbocycles. The Bertz CT molecular complexity index is 1260. The fourth-order valence-corrected chi connectivity index (χ4v) is 4.20. The summed E-state index contributed by atoms with van der Waals surface area (Å²) in [5.74, 6) is 0.276. The molecule has 0 fully saturated rings. The molecule has 154 valence electrons. The number of nitrogens with one attached hydrogen (secondary N) is 3. The maximum Gasteiger partial charge on any atom is 0.302 e. The van der Waals surface area contributed by atoms with Gasteiger partial charge in [-0.15, -0.1) is 11.3 Å². The Balaban J connectivity index is 1.45. The van der Waals surface area contributed by atoms with Crippen LogP contribution < -0.4 is 16.0 Å². The number of oxazole rings is 1. The summed E-state index contributed by atoms with van der Waals surface area (Å²) in [4.78, 5) is 23.3. The molecule has 3 heterocycles. The van der Waals surface area contributed by atoms with Gasteiger partial charge in [0.1, 0.15) is 11.6 Å². The van der Waals surface area contributed by atoms with Gasteiger partial charge in [0.2, 0.25) is 5.96 Å². The number of anilines is 2. The molecule has 1 unspecified atom stereocenters. The van der Waals surface area contributed by atoms with E-state index in [0.29, 0.717) is 28.8 Å². The molecule has 7 nitrogen and oxygen atoms in total. The van der Waals surface area contributed by atoms with Gasteiger partial charge in [0.05, 0.1) is 5.57 Å². The minimum Gasteiger partial charge on any atom is -0.423 e. The molecule has 31 heavy (non-hydrogen) atoms. The standard InChI is InChI=1S/C23H19N5O2S/c1-14-19(21(29)25-15-8-3-2-4-9-15)20(18-12-7-13-31-18)27-22(24-14)28-23-26-16-10-5-6-11-17(16)30-23/h2-13,20H,1H3,(H,25,29)(H2,24,26,27,28). The number of hydrogen-bond acceptors (Lipinski definition) is 7. The van der Waals surface area contributed by atoms with Gasteiger partial charge >= 0.3 is 6.01 Å². The van der Waals surface area contributed by atoms with E-state index in [4.69, 9.17) is 9.41 Å². The van der Waals surface area contributed by atoms with Crippen molar-refractivity contribution in [2.45, 2.75) is 13.0 Å². The van der Waals surface area contributed by atoms with E-state index in [2.05, 4.69) is 20.9 Å². The highest BCUT2D eigenvalue weighted by Crippen LogP contribution is 2.34. The molecule has 0 bridgehead atoms. The number of amides is 1. The summed E-state index contributed by atoms with van der Waals surface area (Å²) in [6.07, 6.45) is 0. The number of benzene rings is 2. The van der Waals surface area contributed by atoms with Gasteiger partial charge in [-0.2, -0.15) is 4.98 Å². The van der Waals surface area contributed by atoms with Crippen LogP contribution in [-0.2, 0) is 4.79 Å². The van der Waals surface area contributed by atoms with E-state index in [0.717, 1.165) is 16.1 Å². The molecule has 1 aliphatic rings. The fourth-order valence-electron chi connectivity index (χ4n) is 3.43. The second-order valence-corrected chi connectivity index (χ2v) is 7.97. The molecule has 8 heteroatoms. The van der Waals surface area contributed by atoms with Crippen molar-refractivity contribution in [1.29, 1.82) is 0 Å². The minimum absolute atomic E-state index is 0.195. The van der Waals surface area contributed by atoms with E-state index < -0.39 is 6.04 Å². The van der Waals surface area contributed by atoms with Crippen LogP contribution in [0.4, 0.5) is 11.7 Å². The molecule has 1 atom stereocenters. The number of aromatic nitrogens is 1. The third kappa shape index (κ3) is 3.93. The Labute approximate surface area is 182 Å². The Morgan fingerprint density at radius 2 is 1.87 bits per heavy atom. The van der Waals surface area contributed by atoms with Crippen molar-refractivity contribution in [2.24, 2.45) is 4.99 Å². The first kappa shape index (κ1) is 19.1. The lowest BCUT2D eigenvalue weighted by Gasteiger charge is -2.25. The van der Waals surface area contributed by atoms with Crippen LogP contribution in [0.1, 0.15) is 17.8 Å². The van der Waals surface area contributed by atoms with Crippen molar-refractivity contribution in [1.82, 2.24) is 10.3 Å². The Hall–Kier alpha value is -3.91. The first-order valence-electron chi connectivity index (χ1n) is 9.75. The van der Waals surface area contributed by atoms with Crippen LogP contribution in [0.15, 0.2) is 92.8 Å². The Morgan fingerprint density at radius 1 is 1.06 bits per heavy atom. The number of para-hydroxylation sites is 3. The summed E-state index contributed by atoms with van der Waals surface area (Å²) in [7, 11) is 0. The fraction of sp³-hybridized carbons (Fsp3) is 0.0870. The van der Waals surface area contributed by atoms with E-state index in [1.165, 1.54) is 0 Å². The van der Waals surface area contributed by atoms with Gasteiger partial charge in [0, 0.05) is 16.3 Å². The number of hydrogen-bond donors (Lipinski definition) is 3. The zero-order valence-corrected chi connectivity index (χ0v) is 17.4. The molecule has 1 aliphatic heterocycles. The highest BCUT2D eigenvalue weighted by molar-refractivity contribution is 7.10. The van der Waals surface area contributed by atoms with Crippen LogP contribution in [0.2, 0.25) is 0 Å². The molecular weight excluding hydrogens is 410 g/mol. The van der Waals surface area contributed by atoms with Crippen molar-refractivity contribution < 1.29 is 9.21 Å². The zero-order chi connectivity index (χ0) is 21.2. The molecule has 0 saturated heterocycles. The van der Waals surface area contributed by atoms with Gasteiger partial charge in [0.25, 0.3) is 5.91 Å². The van der Waals surface area contributed by atoms with Crippen molar-refractivity contribution >= 4 is 46.0 Å². The highest BCUT2D eigenvalue weighted by atomic mass is 32.1. The van der Waals surface area contributed by atoms with E-state index in [1.807, 2.05) is 79.0 Å². The lowest BCUT2D eigenvalue weighted by molar-refractivity contribution is -0.113. The third-order valence-corrected chi connectivity index (χ3v) is 5.77. The van der Waals surface area contributed by atoms with Crippen LogP contribution in [-0.4, -0.2) is 16.9 Å². The zero-order valence-electron chi connectivity index (χ0n) is 16.6. The number of aliphatic imine (C=N–C) groups is 1. The average Bonchev–Trinajstić information content (AvgIpc) is 3.43. The number of rotatable bonds is 4. The summed E-state index contributed by atoms with van der Waals surface area (Å²) in [5, 5.41) is 11.2. The molecule has 3 N–H and O–H groups in total. The second kappa shape index (κ2) is 8.08. The SMILES string of the molecule is CC1=C(C(=O)Nc2ccccc2)C(c2cccs2)N=C(Nc2nc3ccccc3o2)N1. The number of nitrogens with zero attached hydrogens (tertiary/aromatic N) is 2. The van der Waals surface area contributed by atoms with Crippen LogP contribution in [0, 0.1) is 0 Å². The van der Waals surface area contributed by atoms with Crippen molar-refractivity contribution in [3.05, 3.63) is 88.3 Å². The van der Waals surface area contributed by atoms with Gasteiger partial charge in [-0.05, 0) is 42.6 Å². The normalized spacial score (nSPS) is 16.0. The quantitative estimate of drug-likeness (QED) is 0.429. The highest BCUT2D eigenvalue weighted by Gasteiger charge is 2.30. The van der Waals surface area contributed by atoms with E-state index in [9.17, 15) is 4.79 Å². The molecule has 1 amide bonds.